The Kier molecular flexibility index (Phi) is 4.59. The van der Waals surface area contributed by atoms with Crippen LogP contribution in [0.1, 0.15) is 53.9 Å². The van der Waals surface area contributed by atoms with Crippen LogP contribution in [0.15, 0.2) is 0 Å². The van der Waals surface area contributed by atoms with Crippen LogP contribution in [0.4, 0.5) is 0 Å². The molecule has 5 atom stereocenters. The summed E-state index contributed by atoms with van der Waals surface area (Å²) in [7, 11) is 0. The molecule has 0 amide bonds. The monoisotopic (exact) mass is 269 g/mol. The van der Waals surface area contributed by atoms with Crippen LogP contribution in [-0.4, -0.2) is 47.4 Å². The summed E-state index contributed by atoms with van der Waals surface area (Å²) in [6.45, 7) is 13.2. The third-order valence-corrected chi connectivity index (χ3v) is 4.92. The Bertz CT molecular complexity index is 290. The molecular formula is C16H31NO2. The summed E-state index contributed by atoms with van der Waals surface area (Å²) < 4.78 is 5.81. The first-order valence-corrected chi connectivity index (χ1v) is 7.85. The average Bonchev–Trinajstić information content (AvgIpc) is 2.26. The van der Waals surface area contributed by atoms with E-state index >= 15 is 0 Å². The number of hydrogen-bond acceptors (Lipinski definition) is 3. The number of hydrogen-bond donors (Lipinski definition) is 1. The van der Waals surface area contributed by atoms with Crippen LogP contribution in [0.3, 0.4) is 0 Å². The highest BCUT2D eigenvalue weighted by Gasteiger charge is 2.39. The Hall–Kier alpha value is -0.120. The second-order valence-corrected chi connectivity index (χ2v) is 7.72. The van der Waals surface area contributed by atoms with Crippen molar-refractivity contribution in [3.63, 3.8) is 0 Å². The first-order chi connectivity index (χ1) is 8.77. The van der Waals surface area contributed by atoms with E-state index in [0.29, 0.717) is 17.4 Å². The molecule has 1 aliphatic carbocycles. The van der Waals surface area contributed by atoms with Gasteiger partial charge in [0.1, 0.15) is 0 Å². The maximum atomic E-state index is 10.4. The molecule has 2 rings (SSSR count). The van der Waals surface area contributed by atoms with Crippen LogP contribution in [0.2, 0.25) is 0 Å². The SMILES string of the molecule is C[C@@H]1CN(C2CC(C(C)(C)C)CCC2O)C[C@H](C)O1. The quantitative estimate of drug-likeness (QED) is 0.794. The first kappa shape index (κ1) is 15.3. The van der Waals surface area contributed by atoms with Gasteiger partial charge in [-0.3, -0.25) is 4.90 Å². The van der Waals surface area contributed by atoms with Crippen molar-refractivity contribution in [1.82, 2.24) is 4.90 Å². The summed E-state index contributed by atoms with van der Waals surface area (Å²) in [6.07, 6.45) is 3.65. The number of ether oxygens (including phenoxy) is 1. The average molecular weight is 269 g/mol. The lowest BCUT2D eigenvalue weighted by Gasteiger charge is -2.47. The number of rotatable bonds is 1. The third-order valence-electron chi connectivity index (χ3n) is 4.92. The summed E-state index contributed by atoms with van der Waals surface area (Å²) >= 11 is 0. The topological polar surface area (TPSA) is 32.7 Å². The molecule has 3 unspecified atom stereocenters. The molecule has 19 heavy (non-hydrogen) atoms. The molecular weight excluding hydrogens is 238 g/mol. The highest BCUT2D eigenvalue weighted by Crippen LogP contribution is 2.39. The lowest BCUT2D eigenvalue weighted by atomic mass is 9.70. The van der Waals surface area contributed by atoms with Crippen LogP contribution in [0.25, 0.3) is 0 Å². The molecule has 1 N–H and O–H groups in total. The van der Waals surface area contributed by atoms with Gasteiger partial charge in [0.05, 0.1) is 18.3 Å². The number of aliphatic hydroxyl groups is 1. The Morgan fingerprint density at radius 2 is 1.63 bits per heavy atom. The largest absolute Gasteiger partial charge is 0.391 e. The van der Waals surface area contributed by atoms with E-state index in [2.05, 4.69) is 39.5 Å². The third kappa shape index (κ3) is 3.71. The van der Waals surface area contributed by atoms with Gasteiger partial charge in [-0.1, -0.05) is 20.8 Å². The number of nitrogens with zero attached hydrogens (tertiary/aromatic N) is 1. The zero-order valence-corrected chi connectivity index (χ0v) is 13.2. The molecule has 0 radical (unpaired) electrons. The smallest absolute Gasteiger partial charge is 0.0695 e. The Balaban J connectivity index is 2.04. The van der Waals surface area contributed by atoms with E-state index in [-0.39, 0.29) is 18.3 Å². The highest BCUT2D eigenvalue weighted by molar-refractivity contribution is 4.92. The van der Waals surface area contributed by atoms with Gasteiger partial charge in [-0.05, 0) is 44.4 Å². The molecule has 2 aliphatic rings. The van der Waals surface area contributed by atoms with E-state index in [0.717, 1.165) is 32.4 Å². The van der Waals surface area contributed by atoms with E-state index in [9.17, 15) is 5.11 Å². The molecule has 2 fully saturated rings. The van der Waals surface area contributed by atoms with Gasteiger partial charge in [0.15, 0.2) is 0 Å². The van der Waals surface area contributed by atoms with E-state index in [1.165, 1.54) is 0 Å². The molecule has 0 bridgehead atoms. The van der Waals surface area contributed by atoms with Crippen LogP contribution < -0.4 is 0 Å². The molecule has 1 aliphatic heterocycles. The van der Waals surface area contributed by atoms with Crippen molar-refractivity contribution >= 4 is 0 Å². The zero-order chi connectivity index (χ0) is 14.2. The summed E-state index contributed by atoms with van der Waals surface area (Å²) in [5.41, 5.74) is 0.349. The Morgan fingerprint density at radius 1 is 1.05 bits per heavy atom. The Labute approximate surface area is 118 Å². The normalized spacial score (nSPS) is 42.3. The summed E-state index contributed by atoms with van der Waals surface area (Å²) in [5, 5.41) is 10.4. The minimum atomic E-state index is -0.156. The van der Waals surface area contributed by atoms with Crippen molar-refractivity contribution in [3.8, 4) is 0 Å². The minimum absolute atomic E-state index is 0.156. The predicted octanol–water partition coefficient (Wildman–Crippen LogP) is 2.67. The molecule has 1 saturated carbocycles. The lowest BCUT2D eigenvalue weighted by Crippen LogP contribution is -2.56. The molecule has 0 aromatic heterocycles. The summed E-state index contributed by atoms with van der Waals surface area (Å²) in [5.74, 6) is 0.717. The van der Waals surface area contributed by atoms with E-state index in [4.69, 9.17) is 4.74 Å². The summed E-state index contributed by atoms with van der Waals surface area (Å²) in [4.78, 5) is 2.47. The molecule has 1 saturated heterocycles. The first-order valence-electron chi connectivity index (χ1n) is 7.85. The van der Waals surface area contributed by atoms with Gasteiger partial charge < -0.3 is 9.84 Å². The van der Waals surface area contributed by atoms with Crippen LogP contribution in [-0.2, 0) is 4.74 Å². The van der Waals surface area contributed by atoms with Crippen molar-refractivity contribution in [2.24, 2.45) is 11.3 Å². The second-order valence-electron chi connectivity index (χ2n) is 7.72. The predicted molar refractivity (Wildman–Crippen MR) is 78.2 cm³/mol. The van der Waals surface area contributed by atoms with Crippen molar-refractivity contribution in [1.29, 1.82) is 0 Å². The van der Waals surface area contributed by atoms with Gasteiger partial charge in [-0.25, -0.2) is 0 Å². The maximum Gasteiger partial charge on any atom is 0.0695 e. The van der Waals surface area contributed by atoms with Gasteiger partial charge in [-0.15, -0.1) is 0 Å². The van der Waals surface area contributed by atoms with Gasteiger partial charge in [0, 0.05) is 19.1 Å². The number of morpholine rings is 1. The fourth-order valence-corrected chi connectivity index (χ4v) is 3.80. The molecule has 0 aromatic carbocycles. The fourth-order valence-electron chi connectivity index (χ4n) is 3.80. The molecule has 3 heteroatoms. The van der Waals surface area contributed by atoms with Crippen LogP contribution in [0.5, 0.6) is 0 Å². The van der Waals surface area contributed by atoms with Gasteiger partial charge >= 0.3 is 0 Å². The molecule has 0 spiro atoms. The minimum Gasteiger partial charge on any atom is -0.391 e. The molecule has 3 nitrogen and oxygen atoms in total. The fraction of sp³-hybridized carbons (Fsp3) is 1.00. The van der Waals surface area contributed by atoms with Crippen molar-refractivity contribution in [3.05, 3.63) is 0 Å². The van der Waals surface area contributed by atoms with Crippen LogP contribution >= 0.6 is 0 Å². The molecule has 1 heterocycles. The standard InChI is InChI=1S/C16H31NO2/c1-11-9-17(10-12(2)19-11)14-8-13(16(3,4)5)6-7-15(14)18/h11-15,18H,6-10H2,1-5H3/t11-,12+,13?,14?,15?. The van der Waals surface area contributed by atoms with E-state index < -0.39 is 0 Å². The maximum absolute atomic E-state index is 10.4. The van der Waals surface area contributed by atoms with Gasteiger partial charge in [0.25, 0.3) is 0 Å². The van der Waals surface area contributed by atoms with Crippen molar-refractivity contribution in [2.75, 3.05) is 13.1 Å². The molecule has 0 aromatic rings. The number of aliphatic hydroxyl groups excluding tert-OH is 1. The van der Waals surface area contributed by atoms with Crippen molar-refractivity contribution < 1.29 is 9.84 Å². The summed E-state index contributed by atoms with van der Waals surface area (Å²) in [6, 6.07) is 0.326. The van der Waals surface area contributed by atoms with Gasteiger partial charge in [0.2, 0.25) is 0 Å². The van der Waals surface area contributed by atoms with Crippen molar-refractivity contribution in [2.45, 2.75) is 78.2 Å². The van der Waals surface area contributed by atoms with E-state index in [1.54, 1.807) is 0 Å². The lowest BCUT2D eigenvalue weighted by molar-refractivity contribution is -0.110. The second kappa shape index (κ2) is 5.71. The molecule has 112 valence electrons. The Morgan fingerprint density at radius 3 is 2.16 bits per heavy atom. The highest BCUT2D eigenvalue weighted by atomic mass is 16.5. The van der Waals surface area contributed by atoms with E-state index in [1.807, 2.05) is 0 Å². The van der Waals surface area contributed by atoms with Crippen LogP contribution in [0, 0.1) is 11.3 Å². The van der Waals surface area contributed by atoms with Gasteiger partial charge in [-0.2, -0.15) is 0 Å². The zero-order valence-electron chi connectivity index (χ0n) is 13.2.